The number of alkyl halides is 1. The summed E-state index contributed by atoms with van der Waals surface area (Å²) in [5, 5.41) is 11.4. The highest BCUT2D eigenvalue weighted by Crippen LogP contribution is 2.28. The van der Waals surface area contributed by atoms with E-state index in [4.69, 9.17) is 16.3 Å². The number of aryl methyl sites for hydroxylation is 1. The molecule has 0 fully saturated rings. The van der Waals surface area contributed by atoms with Crippen molar-refractivity contribution in [2.24, 2.45) is 3.77 Å². The summed E-state index contributed by atoms with van der Waals surface area (Å²) in [6.45, 7) is 3.83. The van der Waals surface area contributed by atoms with Crippen LogP contribution in [-0.4, -0.2) is 31.3 Å². The summed E-state index contributed by atoms with van der Waals surface area (Å²) in [6, 6.07) is 12.1. The Morgan fingerprint density at radius 1 is 1.22 bits per heavy atom. The summed E-state index contributed by atoms with van der Waals surface area (Å²) in [7, 11) is -5.56. The van der Waals surface area contributed by atoms with E-state index in [0.29, 0.717) is 0 Å². The molecule has 0 aliphatic heterocycles. The van der Waals surface area contributed by atoms with Gasteiger partial charge in [-0.3, -0.25) is 10.1 Å². The first-order valence-electron chi connectivity index (χ1n) is 7.99. The van der Waals surface area contributed by atoms with Gasteiger partial charge >= 0.3 is 0 Å². The molecule has 0 saturated heterocycles. The van der Waals surface area contributed by atoms with Crippen molar-refractivity contribution in [1.82, 2.24) is 0 Å². The topological polar surface area (TPSA) is 98.9 Å². The molecule has 0 amide bonds. The lowest BCUT2D eigenvalue weighted by Crippen LogP contribution is -2.23. The minimum Gasteiger partial charge on any atom is -0.365 e. The maximum atomic E-state index is 12.8. The Morgan fingerprint density at radius 2 is 1.85 bits per heavy atom. The Kier molecular flexibility index (Phi) is 7.49. The van der Waals surface area contributed by atoms with E-state index < -0.39 is 31.1 Å². The molecule has 0 bridgehead atoms. The lowest BCUT2D eigenvalue weighted by Gasteiger charge is -2.18. The molecular weight excluding hydrogens is 412 g/mol. The van der Waals surface area contributed by atoms with Gasteiger partial charge in [-0.25, -0.2) is 0 Å². The summed E-state index contributed by atoms with van der Waals surface area (Å²) in [5.74, 6) is -0.0596. The molecule has 146 valence electrons. The molecule has 0 radical (unpaired) electrons. The molecule has 2 aromatic rings. The number of hydrogen-bond donors (Lipinski definition) is 0. The maximum absolute atomic E-state index is 12.8. The van der Waals surface area contributed by atoms with Crippen LogP contribution in [0.25, 0.3) is 0 Å². The van der Waals surface area contributed by atoms with E-state index in [1.807, 2.05) is 6.92 Å². The summed E-state index contributed by atoms with van der Waals surface area (Å²) in [4.78, 5) is 11.0. The van der Waals surface area contributed by atoms with E-state index in [2.05, 4.69) is 3.77 Å². The van der Waals surface area contributed by atoms with E-state index in [-0.39, 0.29) is 28.0 Å². The second-order valence-electron chi connectivity index (χ2n) is 5.44. The van der Waals surface area contributed by atoms with Gasteiger partial charge in [-0.15, -0.1) is 15.4 Å². The first kappa shape index (κ1) is 21.5. The van der Waals surface area contributed by atoms with Gasteiger partial charge in [-0.2, -0.15) is 8.42 Å². The summed E-state index contributed by atoms with van der Waals surface area (Å²) in [5.41, 5.74) is -0.129. The Bertz CT molecular complexity index is 946. The zero-order valence-electron chi connectivity index (χ0n) is 14.7. The number of halogens is 1. The summed E-state index contributed by atoms with van der Waals surface area (Å²) in [6.07, 6.45) is 0. The Labute approximate surface area is 165 Å². The molecule has 2 aromatic carbocycles. The summed E-state index contributed by atoms with van der Waals surface area (Å²) >= 11 is 5.98. The molecule has 0 spiro atoms. The van der Waals surface area contributed by atoms with Crippen molar-refractivity contribution in [3.8, 4) is 0 Å². The zero-order valence-corrected chi connectivity index (χ0v) is 17.1. The molecule has 27 heavy (non-hydrogen) atoms. The third-order valence-corrected chi connectivity index (χ3v) is 7.87. The predicted octanol–water partition coefficient (Wildman–Crippen LogP) is 4.05. The molecule has 0 aliphatic rings. The Morgan fingerprint density at radius 3 is 2.41 bits per heavy atom. The highest BCUT2D eigenvalue weighted by atomic mass is 35.5. The standard InChI is InChI=1S/C17H19ClN2O5S2/c1-3-25-17(12-18)26(16-7-5-4-6-15(16)20(21)22)19-27(23,24)14-10-8-13(2)9-11-14/h4-11,17H,3,12H2,1-2H3/t17-,26-/m1/s1. The molecule has 0 N–H and O–H groups in total. The van der Waals surface area contributed by atoms with Crippen molar-refractivity contribution < 1.29 is 18.1 Å². The van der Waals surface area contributed by atoms with Gasteiger partial charge in [0.15, 0.2) is 0 Å². The van der Waals surface area contributed by atoms with E-state index in [1.54, 1.807) is 25.1 Å². The maximum Gasteiger partial charge on any atom is 0.288 e. The number of nitrogens with zero attached hydrogens (tertiary/aromatic N) is 2. The predicted molar refractivity (Wildman–Crippen MR) is 106 cm³/mol. The van der Waals surface area contributed by atoms with Crippen molar-refractivity contribution >= 4 is 38.0 Å². The average molecular weight is 431 g/mol. The van der Waals surface area contributed by atoms with E-state index >= 15 is 0 Å². The number of nitro groups is 1. The number of ether oxygens (including phenoxy) is 1. The van der Waals surface area contributed by atoms with E-state index in [1.165, 1.54) is 30.3 Å². The number of nitro benzene ring substituents is 1. The van der Waals surface area contributed by atoms with Gasteiger partial charge in [0, 0.05) is 12.7 Å². The smallest absolute Gasteiger partial charge is 0.288 e. The van der Waals surface area contributed by atoms with Crippen LogP contribution in [0.2, 0.25) is 0 Å². The monoisotopic (exact) mass is 430 g/mol. The largest absolute Gasteiger partial charge is 0.365 e. The number of para-hydroxylation sites is 1. The van der Waals surface area contributed by atoms with Crippen LogP contribution in [0.1, 0.15) is 12.5 Å². The molecule has 0 unspecified atom stereocenters. The fraction of sp³-hybridized carbons (Fsp3) is 0.294. The van der Waals surface area contributed by atoms with Gasteiger partial charge in [0.2, 0.25) is 0 Å². The second-order valence-corrected chi connectivity index (χ2v) is 9.36. The molecule has 0 heterocycles. The normalized spacial score (nSPS) is 14.0. The van der Waals surface area contributed by atoms with E-state index in [9.17, 15) is 18.5 Å². The van der Waals surface area contributed by atoms with Crippen molar-refractivity contribution in [1.29, 1.82) is 0 Å². The fourth-order valence-corrected chi connectivity index (χ4v) is 6.29. The van der Waals surface area contributed by atoms with Crippen LogP contribution in [0, 0.1) is 17.0 Å². The van der Waals surface area contributed by atoms with Crippen LogP contribution in [0.4, 0.5) is 5.69 Å². The Balaban J connectivity index is 2.68. The molecular formula is C17H19ClN2O5S2. The van der Waals surface area contributed by atoms with Crippen LogP contribution in [0.3, 0.4) is 0 Å². The molecule has 0 aliphatic carbocycles. The quantitative estimate of drug-likeness (QED) is 0.357. The second kappa shape index (κ2) is 9.41. The third kappa shape index (κ3) is 5.35. The van der Waals surface area contributed by atoms with Gasteiger partial charge in [0.1, 0.15) is 5.44 Å². The average Bonchev–Trinajstić information content (AvgIpc) is 2.65. The van der Waals surface area contributed by atoms with Crippen molar-refractivity contribution in [2.75, 3.05) is 12.5 Å². The van der Waals surface area contributed by atoms with Crippen molar-refractivity contribution in [2.45, 2.75) is 29.1 Å². The fourth-order valence-electron chi connectivity index (χ4n) is 2.23. The third-order valence-electron chi connectivity index (χ3n) is 3.51. The van der Waals surface area contributed by atoms with Crippen molar-refractivity contribution in [3.63, 3.8) is 0 Å². The molecule has 0 saturated carbocycles. The van der Waals surface area contributed by atoms with Crippen LogP contribution in [0.5, 0.6) is 0 Å². The van der Waals surface area contributed by atoms with E-state index in [0.717, 1.165) is 5.56 Å². The summed E-state index contributed by atoms with van der Waals surface area (Å²) < 4.78 is 35.2. The molecule has 2 rings (SSSR count). The van der Waals surface area contributed by atoms with Crippen LogP contribution >= 0.6 is 11.6 Å². The van der Waals surface area contributed by atoms with Gasteiger partial charge < -0.3 is 4.74 Å². The number of hydrogen-bond acceptors (Lipinski definition) is 5. The van der Waals surface area contributed by atoms with Gasteiger partial charge in [-0.05, 0) is 42.7 Å². The first-order valence-corrected chi connectivity index (χ1v) is 11.2. The van der Waals surface area contributed by atoms with Gasteiger partial charge in [0.25, 0.3) is 15.7 Å². The molecule has 10 heteroatoms. The molecule has 0 aromatic heterocycles. The van der Waals surface area contributed by atoms with Crippen LogP contribution in [0.15, 0.2) is 62.1 Å². The van der Waals surface area contributed by atoms with Gasteiger partial charge in [0.05, 0.1) is 20.6 Å². The first-order chi connectivity index (χ1) is 12.8. The molecule has 7 nitrogen and oxygen atoms in total. The SMILES string of the molecule is CCO[C@@H](CCl)[S@](=NS(=O)(=O)c1ccc(C)cc1)c1ccccc1[N+](=O)[O-]. The highest BCUT2D eigenvalue weighted by Gasteiger charge is 2.26. The van der Waals surface area contributed by atoms with Crippen molar-refractivity contribution in [3.05, 3.63) is 64.2 Å². The highest BCUT2D eigenvalue weighted by molar-refractivity contribution is 8.00. The lowest BCUT2D eigenvalue weighted by molar-refractivity contribution is -0.387. The minimum absolute atomic E-state index is 0.00834. The zero-order chi connectivity index (χ0) is 20.0. The lowest BCUT2D eigenvalue weighted by atomic mass is 10.2. The number of rotatable bonds is 8. The van der Waals surface area contributed by atoms with Crippen LogP contribution in [-0.2, 0) is 25.5 Å². The minimum atomic E-state index is -4.06. The van der Waals surface area contributed by atoms with Gasteiger partial charge in [-0.1, -0.05) is 29.8 Å². The number of sulfonamides is 1. The molecule has 2 atom stereocenters. The van der Waals surface area contributed by atoms with Crippen LogP contribution < -0.4 is 0 Å². The Hall–Kier alpha value is -1.81. The number of benzene rings is 2.